The number of hydrogen-bond acceptors (Lipinski definition) is 3. The second-order valence-electron chi connectivity index (χ2n) is 5.16. The number of carbonyl (C=O) groups is 2. The lowest BCUT2D eigenvalue weighted by Crippen LogP contribution is -2.13. The highest BCUT2D eigenvalue weighted by Crippen LogP contribution is 2.11. The van der Waals surface area contributed by atoms with Gasteiger partial charge in [0.15, 0.2) is 0 Å². The molecule has 116 valence electrons. The predicted molar refractivity (Wildman–Crippen MR) is 81.4 cm³/mol. The fourth-order valence-electron chi connectivity index (χ4n) is 1.78. The molecule has 0 unspecified atom stereocenters. The van der Waals surface area contributed by atoms with Gasteiger partial charge in [-0.1, -0.05) is 12.1 Å². The van der Waals surface area contributed by atoms with Gasteiger partial charge in [-0.15, -0.1) is 0 Å². The van der Waals surface area contributed by atoms with E-state index in [1.165, 1.54) is 0 Å². The lowest BCUT2D eigenvalue weighted by molar-refractivity contribution is -0.137. The Kier molecular flexibility index (Phi) is 7.46. The van der Waals surface area contributed by atoms with E-state index in [0.717, 1.165) is 11.3 Å². The van der Waals surface area contributed by atoms with Crippen LogP contribution in [0.5, 0.6) is 0 Å². The molecule has 1 rings (SSSR count). The van der Waals surface area contributed by atoms with Gasteiger partial charge in [-0.2, -0.15) is 0 Å². The first kappa shape index (κ1) is 17.2. The van der Waals surface area contributed by atoms with Gasteiger partial charge < -0.3 is 15.2 Å². The molecule has 0 aliphatic carbocycles. The Hall–Kier alpha value is -1.88. The zero-order chi connectivity index (χ0) is 15.7. The number of carboxylic acid groups (broad SMARTS) is 1. The highest BCUT2D eigenvalue weighted by atomic mass is 16.5. The van der Waals surface area contributed by atoms with Gasteiger partial charge in [0.25, 0.3) is 0 Å². The van der Waals surface area contributed by atoms with Gasteiger partial charge in [-0.3, -0.25) is 9.59 Å². The molecule has 0 aliphatic heterocycles. The number of aryl methyl sites for hydroxylation is 1. The van der Waals surface area contributed by atoms with Crippen LogP contribution < -0.4 is 5.32 Å². The Labute approximate surface area is 125 Å². The SMILES string of the molecule is CC(C)OCCCC(=O)Nc1ccc(CCC(=O)O)cc1. The van der Waals surface area contributed by atoms with E-state index < -0.39 is 5.97 Å². The van der Waals surface area contributed by atoms with Gasteiger partial charge in [0, 0.05) is 25.1 Å². The summed E-state index contributed by atoms with van der Waals surface area (Å²) in [6.07, 6.45) is 1.91. The van der Waals surface area contributed by atoms with Crippen LogP contribution in [0, 0.1) is 0 Å². The molecular weight excluding hydrogens is 270 g/mol. The van der Waals surface area contributed by atoms with Crippen LogP contribution in [0.25, 0.3) is 0 Å². The average Bonchev–Trinajstić information content (AvgIpc) is 2.42. The highest BCUT2D eigenvalue weighted by Gasteiger charge is 2.04. The Morgan fingerprint density at radius 2 is 1.86 bits per heavy atom. The molecule has 21 heavy (non-hydrogen) atoms. The quantitative estimate of drug-likeness (QED) is 0.686. The van der Waals surface area contributed by atoms with Crippen molar-refractivity contribution in [2.24, 2.45) is 0 Å². The molecule has 0 fully saturated rings. The first-order valence-electron chi connectivity index (χ1n) is 7.19. The van der Waals surface area contributed by atoms with E-state index in [2.05, 4.69) is 5.32 Å². The normalized spacial score (nSPS) is 10.6. The first-order chi connectivity index (χ1) is 9.97. The van der Waals surface area contributed by atoms with Crippen LogP contribution in [0.2, 0.25) is 0 Å². The highest BCUT2D eigenvalue weighted by molar-refractivity contribution is 5.90. The zero-order valence-electron chi connectivity index (χ0n) is 12.6. The molecule has 0 atom stereocenters. The van der Waals surface area contributed by atoms with E-state index in [1.807, 2.05) is 26.0 Å². The van der Waals surface area contributed by atoms with Crippen molar-refractivity contribution in [2.75, 3.05) is 11.9 Å². The summed E-state index contributed by atoms with van der Waals surface area (Å²) in [6.45, 7) is 4.51. The summed E-state index contributed by atoms with van der Waals surface area (Å²) in [5.41, 5.74) is 1.67. The number of rotatable bonds is 9. The summed E-state index contributed by atoms with van der Waals surface area (Å²) < 4.78 is 5.38. The van der Waals surface area contributed by atoms with E-state index in [-0.39, 0.29) is 18.4 Å². The molecule has 0 heterocycles. The third-order valence-corrected chi connectivity index (χ3v) is 2.86. The Balaban J connectivity index is 2.30. The van der Waals surface area contributed by atoms with Crippen molar-refractivity contribution in [1.29, 1.82) is 0 Å². The van der Waals surface area contributed by atoms with Crippen LogP contribution in [0.1, 0.15) is 38.7 Å². The molecule has 0 saturated heterocycles. The summed E-state index contributed by atoms with van der Waals surface area (Å²) in [7, 11) is 0. The summed E-state index contributed by atoms with van der Waals surface area (Å²) in [6, 6.07) is 7.25. The minimum absolute atomic E-state index is 0.0411. The van der Waals surface area contributed by atoms with Crippen molar-refractivity contribution in [3.05, 3.63) is 29.8 Å². The minimum atomic E-state index is -0.809. The molecule has 0 aliphatic rings. The topological polar surface area (TPSA) is 75.6 Å². The third kappa shape index (κ3) is 8.09. The molecule has 5 nitrogen and oxygen atoms in total. The maximum Gasteiger partial charge on any atom is 0.303 e. The van der Waals surface area contributed by atoms with Crippen LogP contribution >= 0.6 is 0 Å². The van der Waals surface area contributed by atoms with E-state index in [0.29, 0.717) is 25.9 Å². The maximum absolute atomic E-state index is 11.7. The number of carboxylic acids is 1. The molecule has 0 aromatic heterocycles. The lowest BCUT2D eigenvalue weighted by atomic mass is 10.1. The van der Waals surface area contributed by atoms with Crippen LogP contribution in [0.15, 0.2) is 24.3 Å². The largest absolute Gasteiger partial charge is 0.481 e. The molecule has 0 saturated carbocycles. The molecule has 0 bridgehead atoms. The molecular formula is C16H23NO4. The summed E-state index contributed by atoms with van der Waals surface area (Å²) >= 11 is 0. The van der Waals surface area contributed by atoms with Gasteiger partial charge >= 0.3 is 5.97 Å². The number of ether oxygens (including phenoxy) is 1. The molecule has 2 N–H and O–H groups in total. The predicted octanol–water partition coefficient (Wildman–Crippen LogP) is 2.85. The van der Waals surface area contributed by atoms with Crippen molar-refractivity contribution in [1.82, 2.24) is 0 Å². The van der Waals surface area contributed by atoms with Crippen LogP contribution in [-0.4, -0.2) is 29.7 Å². The smallest absolute Gasteiger partial charge is 0.303 e. The standard InChI is InChI=1S/C16H23NO4/c1-12(2)21-11-3-4-15(18)17-14-8-5-13(6-9-14)7-10-16(19)20/h5-6,8-9,12H,3-4,7,10-11H2,1-2H3,(H,17,18)(H,19,20). The number of amides is 1. The van der Waals surface area contributed by atoms with Gasteiger partial charge in [-0.05, 0) is 44.4 Å². The molecule has 0 spiro atoms. The van der Waals surface area contributed by atoms with Crippen LogP contribution in [0.3, 0.4) is 0 Å². The van der Waals surface area contributed by atoms with Crippen molar-refractivity contribution in [2.45, 2.75) is 45.6 Å². The summed E-state index contributed by atoms with van der Waals surface area (Å²) in [4.78, 5) is 22.2. The Bertz CT molecular complexity index is 454. The van der Waals surface area contributed by atoms with Gasteiger partial charge in [0.05, 0.1) is 6.10 Å². The summed E-state index contributed by atoms with van der Waals surface area (Å²) in [5, 5.41) is 11.4. The molecule has 1 aromatic rings. The number of anilines is 1. The monoisotopic (exact) mass is 293 g/mol. The number of carbonyl (C=O) groups excluding carboxylic acids is 1. The fraction of sp³-hybridized carbons (Fsp3) is 0.500. The molecule has 1 amide bonds. The van der Waals surface area contributed by atoms with Gasteiger partial charge in [-0.25, -0.2) is 0 Å². The summed E-state index contributed by atoms with van der Waals surface area (Å²) in [5.74, 6) is -0.850. The number of benzene rings is 1. The second-order valence-corrected chi connectivity index (χ2v) is 5.16. The van der Waals surface area contributed by atoms with Crippen molar-refractivity contribution < 1.29 is 19.4 Å². The van der Waals surface area contributed by atoms with E-state index in [1.54, 1.807) is 12.1 Å². The minimum Gasteiger partial charge on any atom is -0.481 e. The first-order valence-corrected chi connectivity index (χ1v) is 7.19. The number of hydrogen-bond donors (Lipinski definition) is 2. The number of aliphatic carboxylic acids is 1. The van der Waals surface area contributed by atoms with Gasteiger partial charge in [0.1, 0.15) is 0 Å². The lowest BCUT2D eigenvalue weighted by Gasteiger charge is -2.08. The van der Waals surface area contributed by atoms with Crippen molar-refractivity contribution in [3.63, 3.8) is 0 Å². The Morgan fingerprint density at radius 1 is 1.19 bits per heavy atom. The van der Waals surface area contributed by atoms with Crippen LogP contribution in [0.4, 0.5) is 5.69 Å². The Morgan fingerprint density at radius 3 is 2.43 bits per heavy atom. The van der Waals surface area contributed by atoms with Crippen LogP contribution in [-0.2, 0) is 20.7 Å². The third-order valence-electron chi connectivity index (χ3n) is 2.86. The van der Waals surface area contributed by atoms with E-state index in [4.69, 9.17) is 9.84 Å². The fourth-order valence-corrected chi connectivity index (χ4v) is 1.78. The average molecular weight is 293 g/mol. The van der Waals surface area contributed by atoms with E-state index >= 15 is 0 Å². The molecule has 0 radical (unpaired) electrons. The molecule has 1 aromatic carbocycles. The second kappa shape index (κ2) is 9.13. The number of nitrogens with one attached hydrogen (secondary N) is 1. The van der Waals surface area contributed by atoms with Gasteiger partial charge in [0.2, 0.25) is 5.91 Å². The molecule has 5 heteroatoms. The van der Waals surface area contributed by atoms with E-state index in [9.17, 15) is 9.59 Å². The van der Waals surface area contributed by atoms with Crippen molar-refractivity contribution in [3.8, 4) is 0 Å². The maximum atomic E-state index is 11.7. The van der Waals surface area contributed by atoms with Crippen molar-refractivity contribution >= 4 is 17.6 Å². The zero-order valence-corrected chi connectivity index (χ0v) is 12.6.